The molecule has 1 aromatic rings. The minimum absolute atomic E-state index is 0. The topological polar surface area (TPSA) is 43.4 Å². The highest BCUT2D eigenvalue weighted by molar-refractivity contribution is 7.98. The first-order chi connectivity index (χ1) is 14.0. The third-order valence-electron chi connectivity index (χ3n) is 7.69. The van der Waals surface area contributed by atoms with E-state index in [2.05, 4.69) is 37.4 Å². The van der Waals surface area contributed by atoms with Crippen molar-refractivity contribution in [3.8, 4) is 0 Å². The van der Waals surface area contributed by atoms with Crippen molar-refractivity contribution in [2.45, 2.75) is 86.2 Å². The Morgan fingerprint density at radius 2 is 1.64 bits per heavy atom. The largest absolute Gasteiger partial charge is 0.368 e. The quantitative estimate of drug-likeness (QED) is 0.409. The van der Waals surface area contributed by atoms with Crippen molar-refractivity contribution in [1.29, 1.82) is 0 Å². The second-order valence-electron chi connectivity index (χ2n) is 9.16. The van der Waals surface area contributed by atoms with Crippen LogP contribution in [0.5, 0.6) is 0 Å². The number of benzene rings is 1. The molecular formula is C29H44O3S. The fraction of sp³-hybridized carbons (Fsp3) is 0.586. The van der Waals surface area contributed by atoms with Crippen molar-refractivity contribution < 1.29 is 14.3 Å². The molecule has 0 N–H and O–H groups in total. The molecule has 2 fully saturated rings. The molecule has 1 saturated carbocycles. The second kappa shape index (κ2) is 11.2. The van der Waals surface area contributed by atoms with E-state index < -0.39 is 0 Å². The van der Waals surface area contributed by atoms with Crippen molar-refractivity contribution in [2.75, 3.05) is 12.9 Å². The molecule has 5 rings (SSSR count). The minimum Gasteiger partial charge on any atom is -0.368 e. The fourth-order valence-electron chi connectivity index (χ4n) is 6.11. The van der Waals surface area contributed by atoms with Gasteiger partial charge >= 0.3 is 0 Å². The summed E-state index contributed by atoms with van der Waals surface area (Å²) in [5.41, 5.74) is 4.73. The van der Waals surface area contributed by atoms with E-state index in [1.807, 2.05) is 6.08 Å². The lowest BCUT2D eigenvalue weighted by molar-refractivity contribution is -0.130. The van der Waals surface area contributed by atoms with E-state index in [1.165, 1.54) is 27.2 Å². The molecule has 0 bridgehead atoms. The molecule has 3 nitrogen and oxygen atoms in total. The van der Waals surface area contributed by atoms with Crippen molar-refractivity contribution in [3.63, 3.8) is 0 Å². The number of hydrogen-bond acceptors (Lipinski definition) is 4. The Hall–Kier alpha value is -1.65. The number of rotatable bonds is 2. The van der Waals surface area contributed by atoms with E-state index in [-0.39, 0.29) is 47.0 Å². The number of Topliss-reactive ketones (excluding diaryl/α,β-unsaturated/α-hetero) is 1. The fourth-order valence-corrected chi connectivity index (χ4v) is 6.52. The third kappa shape index (κ3) is 4.79. The predicted octanol–water partition coefficient (Wildman–Crippen LogP) is 8.01. The van der Waals surface area contributed by atoms with Crippen LogP contribution in [0.3, 0.4) is 0 Å². The summed E-state index contributed by atoms with van der Waals surface area (Å²) in [5.74, 6) is 1.34. The van der Waals surface area contributed by atoms with Gasteiger partial charge in [-0.05, 0) is 84.3 Å². The molecule has 3 aliphatic carbocycles. The Bertz CT molecular complexity index is 927. The Kier molecular flexibility index (Phi) is 9.96. The molecule has 1 heterocycles. The molecule has 184 valence electrons. The van der Waals surface area contributed by atoms with Crippen LogP contribution < -0.4 is 0 Å². The van der Waals surface area contributed by atoms with Crippen LogP contribution in [0.4, 0.5) is 0 Å². The molecule has 33 heavy (non-hydrogen) atoms. The van der Waals surface area contributed by atoms with Gasteiger partial charge in [0.1, 0.15) is 11.9 Å². The van der Waals surface area contributed by atoms with Crippen molar-refractivity contribution in [2.24, 2.45) is 17.3 Å². The number of carbonyl (C=O) groups excluding carboxylic acids is 2. The summed E-state index contributed by atoms with van der Waals surface area (Å²) in [6, 6.07) is 8.68. The molecule has 2 unspecified atom stereocenters. The van der Waals surface area contributed by atoms with Crippen molar-refractivity contribution in [3.05, 3.63) is 52.6 Å². The lowest BCUT2D eigenvalue weighted by Gasteiger charge is -2.39. The van der Waals surface area contributed by atoms with Gasteiger partial charge in [0.2, 0.25) is 0 Å². The number of allylic oxidation sites excluding steroid dienone is 3. The molecule has 0 aromatic heterocycles. The van der Waals surface area contributed by atoms with Gasteiger partial charge in [0, 0.05) is 17.7 Å². The first kappa shape index (κ1) is 29.4. The summed E-state index contributed by atoms with van der Waals surface area (Å²) in [7, 11) is 0. The number of thioether (sulfide) groups is 1. The average molecular weight is 473 g/mol. The van der Waals surface area contributed by atoms with Crippen LogP contribution in [-0.4, -0.2) is 24.4 Å². The zero-order chi connectivity index (χ0) is 20.2. The standard InChI is InChI=1S/C25H28O3S.4CH4/c1-25-14-28-24(15-3-7-18(29-2)8-4-15)23-19-10-6-17(26)13-16(19)5-9-20(23)21(25)11-12-22(25)27;;;;/h3-4,7-8,13,20-21,24H,5-6,9-12,14H2,1-2H3;4*1H4/t20?,21?,24-,25+;;;;/m1..../s1. The summed E-state index contributed by atoms with van der Waals surface area (Å²) in [4.78, 5) is 26.2. The van der Waals surface area contributed by atoms with Crippen molar-refractivity contribution >= 4 is 23.3 Å². The van der Waals surface area contributed by atoms with Gasteiger partial charge in [-0.1, -0.05) is 48.8 Å². The number of hydrogen-bond donors (Lipinski definition) is 0. The van der Waals surface area contributed by atoms with Crippen LogP contribution in [-0.2, 0) is 14.3 Å². The zero-order valence-electron chi connectivity index (χ0n) is 17.2. The molecule has 0 spiro atoms. The summed E-state index contributed by atoms with van der Waals surface area (Å²) in [5, 5.41) is 0. The third-order valence-corrected chi connectivity index (χ3v) is 8.43. The molecule has 1 aliphatic heterocycles. The molecule has 4 aliphatic rings. The molecule has 0 amide bonds. The Morgan fingerprint density at radius 1 is 0.939 bits per heavy atom. The second-order valence-corrected chi connectivity index (χ2v) is 10.0. The maximum atomic E-state index is 12.9. The molecule has 1 aromatic carbocycles. The van der Waals surface area contributed by atoms with Gasteiger partial charge in [-0.3, -0.25) is 9.59 Å². The maximum absolute atomic E-state index is 12.9. The molecule has 0 radical (unpaired) electrons. The van der Waals surface area contributed by atoms with Gasteiger partial charge in [0.05, 0.1) is 12.0 Å². The first-order valence-corrected chi connectivity index (χ1v) is 12.0. The van der Waals surface area contributed by atoms with Crippen LogP contribution in [0.15, 0.2) is 52.0 Å². The smallest absolute Gasteiger partial charge is 0.156 e. The van der Waals surface area contributed by atoms with Crippen molar-refractivity contribution in [1.82, 2.24) is 0 Å². The summed E-state index contributed by atoms with van der Waals surface area (Å²) < 4.78 is 6.60. The molecular weight excluding hydrogens is 428 g/mol. The lowest BCUT2D eigenvalue weighted by Crippen LogP contribution is -2.36. The molecule has 4 atom stereocenters. The molecule has 4 heteroatoms. The van der Waals surface area contributed by atoms with Crippen LogP contribution in [0.2, 0.25) is 0 Å². The van der Waals surface area contributed by atoms with Crippen LogP contribution in [0, 0.1) is 17.3 Å². The Morgan fingerprint density at radius 3 is 2.30 bits per heavy atom. The summed E-state index contributed by atoms with van der Waals surface area (Å²) >= 11 is 1.74. The monoisotopic (exact) mass is 472 g/mol. The number of carbonyl (C=O) groups is 2. The highest BCUT2D eigenvalue weighted by Gasteiger charge is 2.54. The maximum Gasteiger partial charge on any atom is 0.156 e. The van der Waals surface area contributed by atoms with Crippen LogP contribution in [0.25, 0.3) is 0 Å². The van der Waals surface area contributed by atoms with E-state index in [1.54, 1.807) is 11.8 Å². The van der Waals surface area contributed by atoms with E-state index in [9.17, 15) is 9.59 Å². The summed E-state index contributed by atoms with van der Waals surface area (Å²) in [6.07, 6.45) is 8.88. The lowest BCUT2D eigenvalue weighted by atomic mass is 9.64. The normalized spacial score (nSPS) is 30.1. The highest BCUT2D eigenvalue weighted by atomic mass is 32.2. The Balaban J connectivity index is 0.00000136. The van der Waals surface area contributed by atoms with Crippen LogP contribution in [0.1, 0.15) is 86.8 Å². The SMILES string of the molecule is C.C.C.C.CSc1ccc([C@H]2OC[C@]3(C)C(=O)CCC3C3CCC4=CC(=O)CCC4=C32)cc1. The van der Waals surface area contributed by atoms with Gasteiger partial charge in [0.15, 0.2) is 5.78 Å². The highest BCUT2D eigenvalue weighted by Crippen LogP contribution is 2.57. The van der Waals surface area contributed by atoms with E-state index in [0.717, 1.165) is 25.7 Å². The van der Waals surface area contributed by atoms with Crippen LogP contribution >= 0.6 is 11.8 Å². The number of fused-ring (bicyclic) bond motifs is 4. The number of ether oxygens (including phenoxy) is 1. The number of ketones is 2. The van der Waals surface area contributed by atoms with Gasteiger partial charge in [-0.25, -0.2) is 0 Å². The van der Waals surface area contributed by atoms with E-state index in [4.69, 9.17) is 4.74 Å². The Labute approximate surface area is 206 Å². The van der Waals surface area contributed by atoms with Gasteiger partial charge in [-0.15, -0.1) is 11.8 Å². The van der Waals surface area contributed by atoms with Gasteiger partial charge in [-0.2, -0.15) is 0 Å². The first-order valence-electron chi connectivity index (χ1n) is 10.8. The van der Waals surface area contributed by atoms with Gasteiger partial charge in [0.25, 0.3) is 0 Å². The predicted molar refractivity (Wildman–Crippen MR) is 142 cm³/mol. The van der Waals surface area contributed by atoms with E-state index in [0.29, 0.717) is 37.1 Å². The zero-order valence-corrected chi connectivity index (χ0v) is 18.0. The average Bonchev–Trinajstić information content (AvgIpc) is 2.95. The summed E-state index contributed by atoms with van der Waals surface area (Å²) in [6.45, 7) is 2.63. The van der Waals surface area contributed by atoms with Gasteiger partial charge < -0.3 is 4.74 Å². The minimum atomic E-state index is -0.379. The molecule has 1 saturated heterocycles. The van der Waals surface area contributed by atoms with E-state index >= 15 is 0 Å².